The summed E-state index contributed by atoms with van der Waals surface area (Å²) in [7, 11) is 0. The molecule has 24 heavy (non-hydrogen) atoms. The first-order valence-corrected chi connectivity index (χ1v) is 11.1. The second-order valence-electron chi connectivity index (χ2n) is 10.4. The molecule has 0 bridgehead atoms. The fourth-order valence-corrected chi connectivity index (χ4v) is 4.05. The van der Waals surface area contributed by atoms with E-state index in [2.05, 4.69) is 55.4 Å². The van der Waals surface area contributed by atoms with E-state index in [0.717, 1.165) is 23.7 Å². The van der Waals surface area contributed by atoms with Gasteiger partial charge < -0.3 is 0 Å². The Kier molecular flexibility index (Phi) is 13.2. The van der Waals surface area contributed by atoms with Gasteiger partial charge in [-0.05, 0) is 35.5 Å². The van der Waals surface area contributed by atoms with Crippen LogP contribution in [0.2, 0.25) is 0 Å². The summed E-state index contributed by atoms with van der Waals surface area (Å²) < 4.78 is 0. The number of hydrogen-bond acceptors (Lipinski definition) is 0. The molecular formula is C24H50. The van der Waals surface area contributed by atoms with Gasteiger partial charge in [0.25, 0.3) is 0 Å². The summed E-state index contributed by atoms with van der Waals surface area (Å²) in [4.78, 5) is 0. The highest BCUT2D eigenvalue weighted by molar-refractivity contribution is 4.69. The molecule has 0 radical (unpaired) electrons. The van der Waals surface area contributed by atoms with Crippen LogP contribution < -0.4 is 0 Å². The predicted molar refractivity (Wildman–Crippen MR) is 113 cm³/mol. The van der Waals surface area contributed by atoms with Crippen molar-refractivity contribution in [2.24, 2.45) is 29.1 Å². The van der Waals surface area contributed by atoms with E-state index in [4.69, 9.17) is 0 Å². The van der Waals surface area contributed by atoms with Gasteiger partial charge in [0.05, 0.1) is 0 Å². The summed E-state index contributed by atoms with van der Waals surface area (Å²) in [6.45, 7) is 19.2. The van der Waals surface area contributed by atoms with Crippen molar-refractivity contribution in [3.8, 4) is 0 Å². The van der Waals surface area contributed by atoms with Gasteiger partial charge in [-0.3, -0.25) is 0 Å². The van der Waals surface area contributed by atoms with Crippen LogP contribution in [0.15, 0.2) is 0 Å². The van der Waals surface area contributed by atoms with Crippen LogP contribution in [0.1, 0.15) is 126 Å². The molecule has 0 spiro atoms. The van der Waals surface area contributed by atoms with Crippen molar-refractivity contribution in [2.75, 3.05) is 0 Å². The Morgan fingerprint density at radius 2 is 1.04 bits per heavy atom. The van der Waals surface area contributed by atoms with E-state index in [1.807, 2.05) is 0 Å². The maximum Gasteiger partial charge on any atom is -0.0380 e. The fourth-order valence-electron chi connectivity index (χ4n) is 4.05. The summed E-state index contributed by atoms with van der Waals surface area (Å²) in [5.41, 5.74) is 0.498. The van der Waals surface area contributed by atoms with Crippen LogP contribution >= 0.6 is 0 Å². The molecule has 0 saturated heterocycles. The molecule has 0 N–H and O–H groups in total. The Hall–Kier alpha value is 0. The monoisotopic (exact) mass is 338 g/mol. The topological polar surface area (TPSA) is 0 Å². The first kappa shape index (κ1) is 24.0. The van der Waals surface area contributed by atoms with Crippen LogP contribution in [-0.4, -0.2) is 0 Å². The molecule has 0 fully saturated rings. The molecule has 0 aromatic heterocycles. The third-order valence-electron chi connectivity index (χ3n) is 5.66. The molecule has 0 saturated carbocycles. The van der Waals surface area contributed by atoms with Crippen molar-refractivity contribution in [2.45, 2.75) is 126 Å². The minimum Gasteiger partial charge on any atom is -0.0651 e. The minimum absolute atomic E-state index is 0.498. The normalized spacial score (nSPS) is 16.4. The van der Waals surface area contributed by atoms with Gasteiger partial charge in [-0.2, -0.15) is 0 Å². The van der Waals surface area contributed by atoms with E-state index in [1.165, 1.54) is 70.6 Å². The van der Waals surface area contributed by atoms with Crippen LogP contribution in [0.5, 0.6) is 0 Å². The van der Waals surface area contributed by atoms with E-state index >= 15 is 0 Å². The first-order valence-electron chi connectivity index (χ1n) is 11.1. The quantitative estimate of drug-likeness (QED) is 0.296. The Bertz CT molecular complexity index is 270. The second kappa shape index (κ2) is 13.2. The van der Waals surface area contributed by atoms with Gasteiger partial charge >= 0.3 is 0 Å². The highest BCUT2D eigenvalue weighted by atomic mass is 14.2. The standard InChI is InChI=1S/C24H50/c1-9-23(19-24(6,7)8)18-12-17-22(5)16-11-15-21(4)14-10-13-20(2)3/h20-23H,9-19H2,1-8H3. The van der Waals surface area contributed by atoms with E-state index in [1.54, 1.807) is 0 Å². The molecule has 0 heterocycles. The molecule has 0 aliphatic rings. The Balaban J connectivity index is 3.70. The molecule has 3 unspecified atom stereocenters. The molecule has 0 heteroatoms. The van der Waals surface area contributed by atoms with Gasteiger partial charge in [0.2, 0.25) is 0 Å². The summed E-state index contributed by atoms with van der Waals surface area (Å²) in [6.07, 6.45) is 15.7. The SMILES string of the molecule is CCC(CCCC(C)CCCC(C)CCCC(C)C)CC(C)(C)C. The van der Waals surface area contributed by atoms with Gasteiger partial charge in [0, 0.05) is 0 Å². The van der Waals surface area contributed by atoms with Gasteiger partial charge in [0.1, 0.15) is 0 Å². The molecule has 0 rings (SSSR count). The van der Waals surface area contributed by atoms with Crippen molar-refractivity contribution >= 4 is 0 Å². The highest BCUT2D eigenvalue weighted by Gasteiger charge is 2.17. The Labute approximate surface area is 155 Å². The largest absolute Gasteiger partial charge is 0.0651 e. The van der Waals surface area contributed by atoms with Crippen LogP contribution in [0.25, 0.3) is 0 Å². The third-order valence-corrected chi connectivity index (χ3v) is 5.66. The summed E-state index contributed by atoms with van der Waals surface area (Å²) >= 11 is 0. The summed E-state index contributed by atoms with van der Waals surface area (Å²) in [6, 6.07) is 0. The van der Waals surface area contributed by atoms with Crippen molar-refractivity contribution in [3.05, 3.63) is 0 Å². The molecule has 0 aromatic carbocycles. The second-order valence-corrected chi connectivity index (χ2v) is 10.4. The van der Waals surface area contributed by atoms with E-state index in [9.17, 15) is 0 Å². The molecule has 0 aromatic rings. The van der Waals surface area contributed by atoms with Crippen molar-refractivity contribution in [3.63, 3.8) is 0 Å². The molecule has 3 atom stereocenters. The lowest BCUT2D eigenvalue weighted by Crippen LogP contribution is -2.13. The van der Waals surface area contributed by atoms with E-state index < -0.39 is 0 Å². The van der Waals surface area contributed by atoms with Crippen LogP contribution in [0.3, 0.4) is 0 Å². The van der Waals surface area contributed by atoms with Crippen molar-refractivity contribution in [1.82, 2.24) is 0 Å². The van der Waals surface area contributed by atoms with Gasteiger partial charge in [0.15, 0.2) is 0 Å². The molecule has 0 aliphatic carbocycles. The van der Waals surface area contributed by atoms with Crippen LogP contribution in [0, 0.1) is 29.1 Å². The number of hydrogen-bond donors (Lipinski definition) is 0. The van der Waals surface area contributed by atoms with Gasteiger partial charge in [-0.15, -0.1) is 0 Å². The molecular weight excluding hydrogens is 288 g/mol. The van der Waals surface area contributed by atoms with E-state index in [-0.39, 0.29) is 0 Å². The average molecular weight is 339 g/mol. The molecule has 146 valence electrons. The minimum atomic E-state index is 0.498. The molecule has 0 nitrogen and oxygen atoms in total. The predicted octanol–water partition coefficient (Wildman–Crippen LogP) is 8.89. The lowest BCUT2D eigenvalue weighted by Gasteiger charge is -2.25. The Morgan fingerprint density at radius 3 is 1.42 bits per heavy atom. The Morgan fingerprint density at radius 1 is 0.625 bits per heavy atom. The fraction of sp³-hybridized carbons (Fsp3) is 1.00. The van der Waals surface area contributed by atoms with Gasteiger partial charge in [-0.25, -0.2) is 0 Å². The summed E-state index contributed by atoms with van der Waals surface area (Å²) in [5.74, 6) is 3.69. The van der Waals surface area contributed by atoms with E-state index in [0.29, 0.717) is 5.41 Å². The smallest absolute Gasteiger partial charge is 0.0380 e. The third kappa shape index (κ3) is 15.5. The lowest BCUT2D eigenvalue weighted by molar-refractivity contribution is 0.266. The zero-order valence-corrected chi connectivity index (χ0v) is 18.6. The highest BCUT2D eigenvalue weighted by Crippen LogP contribution is 2.30. The maximum absolute atomic E-state index is 2.48. The first-order chi connectivity index (χ1) is 11.1. The molecule has 0 amide bonds. The maximum atomic E-state index is 2.48. The average Bonchev–Trinajstić information content (AvgIpc) is 2.44. The van der Waals surface area contributed by atoms with Crippen molar-refractivity contribution in [1.29, 1.82) is 0 Å². The zero-order chi connectivity index (χ0) is 18.6. The van der Waals surface area contributed by atoms with Crippen molar-refractivity contribution < 1.29 is 0 Å². The van der Waals surface area contributed by atoms with Crippen LogP contribution in [0.4, 0.5) is 0 Å². The lowest BCUT2D eigenvalue weighted by atomic mass is 9.81. The van der Waals surface area contributed by atoms with Crippen LogP contribution in [-0.2, 0) is 0 Å². The molecule has 0 aliphatic heterocycles. The van der Waals surface area contributed by atoms with Gasteiger partial charge in [-0.1, -0.05) is 120 Å². The zero-order valence-electron chi connectivity index (χ0n) is 18.6. The number of rotatable bonds is 14. The summed E-state index contributed by atoms with van der Waals surface area (Å²) in [5, 5.41) is 0.